The van der Waals surface area contributed by atoms with Crippen molar-refractivity contribution in [2.75, 3.05) is 39.8 Å². The van der Waals surface area contributed by atoms with Crippen molar-refractivity contribution >= 4 is 44.0 Å². The molecule has 0 spiro atoms. The van der Waals surface area contributed by atoms with Crippen molar-refractivity contribution in [2.45, 2.75) is 32.2 Å². The summed E-state index contributed by atoms with van der Waals surface area (Å²) in [6, 6.07) is 30.3. The number of hydrogen-bond donors (Lipinski definition) is 5. The third kappa shape index (κ3) is 8.47. The molecule has 3 heterocycles. The molecule has 0 radical (unpaired) electrons. The number of benzene rings is 5. The minimum Gasteiger partial charge on any atom is -0.508 e. The maximum Gasteiger partial charge on any atom is 0.252 e. The van der Waals surface area contributed by atoms with E-state index in [1.165, 1.54) is 29.0 Å². The number of nitrogens with one attached hydrogen (secondary N) is 3. The minimum absolute atomic E-state index is 0.116. The van der Waals surface area contributed by atoms with Gasteiger partial charge >= 0.3 is 0 Å². The molecule has 1 aliphatic heterocycles. The summed E-state index contributed by atoms with van der Waals surface area (Å²) in [6.45, 7) is 4.51. The Morgan fingerprint density at radius 1 is 0.879 bits per heavy atom. The number of phenols is 2. The number of aromatic amines is 1. The fraction of sp³-hybridized carbons (Fsp3) is 0.234. The number of ether oxygens (including phenoxy) is 1. The van der Waals surface area contributed by atoms with E-state index in [1.807, 2.05) is 12.1 Å². The highest BCUT2D eigenvalue weighted by molar-refractivity contribution is 7.22. The normalized spacial score (nSPS) is 12.6. The number of nitrogens with zero attached hydrogens (tertiary/aromatic N) is 1. The van der Waals surface area contributed by atoms with Crippen molar-refractivity contribution in [3.8, 4) is 38.9 Å². The molecule has 1 amide bonds. The first-order valence-electron chi connectivity index (χ1n) is 19.6. The van der Waals surface area contributed by atoms with E-state index in [1.54, 1.807) is 54.6 Å². The fourth-order valence-corrected chi connectivity index (χ4v) is 8.91. The second-order valence-corrected chi connectivity index (χ2v) is 15.9. The van der Waals surface area contributed by atoms with E-state index in [0.29, 0.717) is 47.5 Å². The van der Waals surface area contributed by atoms with E-state index in [-0.39, 0.29) is 23.2 Å². The molecule has 0 fully saturated rings. The van der Waals surface area contributed by atoms with E-state index in [0.717, 1.165) is 88.2 Å². The van der Waals surface area contributed by atoms with Gasteiger partial charge in [0, 0.05) is 62.3 Å². The van der Waals surface area contributed by atoms with Gasteiger partial charge in [-0.2, -0.15) is 0 Å². The first-order valence-corrected chi connectivity index (χ1v) is 20.5. The lowest BCUT2D eigenvalue weighted by molar-refractivity contribution is 0.0956. The molecule has 11 heteroatoms. The van der Waals surface area contributed by atoms with Crippen molar-refractivity contribution in [2.24, 2.45) is 0 Å². The van der Waals surface area contributed by atoms with Crippen LogP contribution in [0.15, 0.2) is 103 Å². The molecule has 5 aromatic carbocycles. The zero-order valence-corrected chi connectivity index (χ0v) is 33.1. The van der Waals surface area contributed by atoms with Crippen molar-refractivity contribution in [1.29, 1.82) is 0 Å². The molecule has 9 nitrogen and oxygen atoms in total. The predicted octanol–water partition coefficient (Wildman–Crippen LogP) is 9.05. The molecule has 0 unspecified atom stereocenters. The van der Waals surface area contributed by atoms with Gasteiger partial charge < -0.3 is 35.5 Å². The largest absolute Gasteiger partial charge is 0.508 e. The lowest BCUT2D eigenvalue weighted by Crippen LogP contribution is -2.25. The molecule has 8 rings (SSSR count). The van der Waals surface area contributed by atoms with Gasteiger partial charge in [-0.15, -0.1) is 11.3 Å². The summed E-state index contributed by atoms with van der Waals surface area (Å²) < 4.78 is 21.1. The van der Waals surface area contributed by atoms with Gasteiger partial charge in [-0.05, 0) is 141 Å². The maximum atomic E-state index is 14.3. The summed E-state index contributed by atoms with van der Waals surface area (Å²) in [5, 5.41) is 27.9. The zero-order valence-electron chi connectivity index (χ0n) is 32.2. The van der Waals surface area contributed by atoms with Crippen molar-refractivity contribution < 1.29 is 28.9 Å². The van der Waals surface area contributed by atoms with Crippen molar-refractivity contribution in [3.05, 3.63) is 137 Å². The molecule has 7 aromatic rings. The molecule has 0 atom stereocenters. The van der Waals surface area contributed by atoms with Crippen LogP contribution in [0.4, 0.5) is 4.39 Å². The summed E-state index contributed by atoms with van der Waals surface area (Å²) in [4.78, 5) is 32.8. The number of hydrogen-bond acceptors (Lipinski definition) is 8. The molecular weight excluding hydrogens is 752 g/mol. The second kappa shape index (κ2) is 17.2. The number of halogens is 1. The Kier molecular flexibility index (Phi) is 11.5. The minimum atomic E-state index is -0.426. The number of aromatic nitrogens is 1. The van der Waals surface area contributed by atoms with Crippen LogP contribution >= 0.6 is 11.3 Å². The number of fused-ring (bicyclic) bond motifs is 1. The Morgan fingerprint density at radius 3 is 2.43 bits per heavy atom. The Bertz CT molecular complexity index is 2580. The van der Waals surface area contributed by atoms with E-state index < -0.39 is 5.82 Å². The lowest BCUT2D eigenvalue weighted by Gasteiger charge is -2.17. The molecule has 0 bridgehead atoms. The third-order valence-electron chi connectivity index (χ3n) is 10.7. The topological polar surface area (TPSA) is 127 Å². The van der Waals surface area contributed by atoms with Crippen LogP contribution < -0.4 is 15.4 Å². The first kappa shape index (κ1) is 38.8. The average Bonchev–Trinajstić information content (AvgIpc) is 3.73. The molecular formula is C47H45FN4O5S. The first-order chi connectivity index (χ1) is 28.2. The number of likely N-dealkylation sites (N-methyl/N-ethyl adjacent to an activating group) is 1. The summed E-state index contributed by atoms with van der Waals surface area (Å²) >= 11 is 1.44. The van der Waals surface area contributed by atoms with Crippen LogP contribution in [0, 0.1) is 5.82 Å². The van der Waals surface area contributed by atoms with Gasteiger partial charge in [0.1, 0.15) is 29.7 Å². The molecule has 58 heavy (non-hydrogen) atoms. The third-order valence-corrected chi connectivity index (χ3v) is 11.9. The second-order valence-electron chi connectivity index (χ2n) is 14.8. The van der Waals surface area contributed by atoms with Gasteiger partial charge in [-0.3, -0.25) is 9.59 Å². The van der Waals surface area contributed by atoms with Crippen LogP contribution in [0.25, 0.3) is 42.7 Å². The molecule has 296 valence electrons. The Labute approximate surface area is 340 Å². The van der Waals surface area contributed by atoms with Gasteiger partial charge in [0.25, 0.3) is 5.91 Å². The van der Waals surface area contributed by atoms with Gasteiger partial charge in [0.15, 0.2) is 5.78 Å². The highest BCUT2D eigenvalue weighted by atomic mass is 32.1. The Morgan fingerprint density at radius 2 is 1.64 bits per heavy atom. The van der Waals surface area contributed by atoms with E-state index in [4.69, 9.17) is 4.74 Å². The van der Waals surface area contributed by atoms with Crippen LogP contribution in [0.5, 0.6) is 17.2 Å². The SMILES string of the molecule is CN(CCCCCNCc1ccc(-c2[nH]c3cc(F)cc4c3c2CCNC4=O)cc1)CCOc1ccc(C(=O)c2c(-c3ccc(O)cc3)sc3cc(O)ccc23)cc1. The van der Waals surface area contributed by atoms with Gasteiger partial charge in [0.2, 0.25) is 0 Å². The monoisotopic (exact) mass is 796 g/mol. The number of H-pyrrole nitrogens is 1. The van der Waals surface area contributed by atoms with Crippen LogP contribution in [0.3, 0.4) is 0 Å². The Balaban J connectivity index is 0.754. The average molecular weight is 797 g/mol. The Hall–Kier alpha value is -6.01. The van der Waals surface area contributed by atoms with Crippen LogP contribution in [-0.4, -0.2) is 71.6 Å². The summed E-state index contributed by atoms with van der Waals surface area (Å²) in [5.41, 5.74) is 7.16. The number of phenolic OH excluding ortho intramolecular Hbond substituents is 2. The molecule has 0 aliphatic carbocycles. The fourth-order valence-electron chi connectivity index (χ4n) is 7.67. The summed E-state index contributed by atoms with van der Waals surface area (Å²) in [7, 11) is 2.10. The number of aromatic hydroxyl groups is 2. The quantitative estimate of drug-likeness (QED) is 0.0488. The van der Waals surface area contributed by atoms with Crippen molar-refractivity contribution in [3.63, 3.8) is 0 Å². The number of rotatable bonds is 16. The highest BCUT2D eigenvalue weighted by Crippen LogP contribution is 2.42. The van der Waals surface area contributed by atoms with Crippen LogP contribution in [0.1, 0.15) is 56.7 Å². The lowest BCUT2D eigenvalue weighted by atomic mass is 9.97. The maximum absolute atomic E-state index is 14.3. The van der Waals surface area contributed by atoms with Gasteiger partial charge in [-0.1, -0.05) is 30.7 Å². The molecule has 1 aliphatic rings. The molecule has 5 N–H and O–H groups in total. The number of amides is 1. The number of carbonyl (C=O) groups is 2. The molecule has 2 aromatic heterocycles. The summed E-state index contributed by atoms with van der Waals surface area (Å²) in [6.07, 6.45) is 3.97. The number of thiophene rings is 1. The predicted molar refractivity (Wildman–Crippen MR) is 229 cm³/mol. The van der Waals surface area contributed by atoms with E-state index in [2.05, 4.69) is 51.8 Å². The molecule has 0 saturated carbocycles. The summed E-state index contributed by atoms with van der Waals surface area (Å²) in [5.74, 6) is 0.220. The van der Waals surface area contributed by atoms with Gasteiger partial charge in [0.05, 0.1) is 5.56 Å². The van der Waals surface area contributed by atoms with Gasteiger partial charge in [-0.25, -0.2) is 4.39 Å². The number of carbonyl (C=O) groups excluding carboxylic acids is 2. The van der Waals surface area contributed by atoms with E-state index >= 15 is 0 Å². The van der Waals surface area contributed by atoms with Crippen molar-refractivity contribution in [1.82, 2.24) is 20.5 Å². The van der Waals surface area contributed by atoms with Crippen LogP contribution in [0.2, 0.25) is 0 Å². The van der Waals surface area contributed by atoms with E-state index in [9.17, 15) is 24.2 Å². The molecule has 0 saturated heterocycles. The van der Waals surface area contributed by atoms with Crippen LogP contribution in [-0.2, 0) is 13.0 Å². The standard InChI is InChI=1S/C47H45FN4O5S/c1-52(22-4-2-3-20-49-28-29-5-7-30(8-6-29)44-38-19-21-50-47(56)39-25-33(48)26-40(51-44)42(38)39)23-24-57-36-16-11-31(12-17-36)45(55)43-37-18-15-35(54)27-41(37)58-46(43)32-9-13-34(53)14-10-32/h5-18,25-27,49,51,53-54H,2-4,19-24,28H2,1H3,(H,50,56). The number of unbranched alkanes of at least 4 members (excludes halogenated alkanes) is 2. The zero-order chi connectivity index (χ0) is 40.2. The highest BCUT2D eigenvalue weighted by Gasteiger charge is 2.24. The number of ketones is 1. The smallest absolute Gasteiger partial charge is 0.252 e.